The number of carbonyl (C=O) groups is 1. The molecule has 0 saturated carbocycles. The van der Waals surface area contributed by atoms with Crippen molar-refractivity contribution >= 4 is 12.0 Å². The predicted octanol–water partition coefficient (Wildman–Crippen LogP) is 1.87. The van der Waals surface area contributed by atoms with Crippen LogP contribution in [0.2, 0.25) is 0 Å². The molecule has 2 aromatic carbocycles. The number of quaternary nitrogens is 1. The van der Waals surface area contributed by atoms with Gasteiger partial charge in [0.05, 0.1) is 32.8 Å². The van der Waals surface area contributed by atoms with Gasteiger partial charge in [0.15, 0.2) is 0 Å². The number of carbonyl (C=O) groups excluding carboxylic acids is 1. The summed E-state index contributed by atoms with van der Waals surface area (Å²) in [5, 5.41) is 0. The van der Waals surface area contributed by atoms with Gasteiger partial charge < -0.3 is 14.5 Å². The Morgan fingerprint density at radius 2 is 2.04 bits per heavy atom. The zero-order valence-electron chi connectivity index (χ0n) is 15.9. The molecule has 0 aromatic heterocycles. The number of fused-ring (bicyclic) bond motifs is 1. The first-order chi connectivity index (χ1) is 13.2. The van der Waals surface area contributed by atoms with Crippen molar-refractivity contribution in [2.45, 2.75) is 19.9 Å². The third-order valence-corrected chi connectivity index (χ3v) is 5.45. The number of hydrogen-bond donors (Lipinski definition) is 1. The number of hydrogen-bond acceptors (Lipinski definition) is 2. The number of benzene rings is 2. The van der Waals surface area contributed by atoms with Gasteiger partial charge in [0.2, 0.25) is 5.91 Å². The Morgan fingerprint density at radius 3 is 2.85 bits per heavy atom. The van der Waals surface area contributed by atoms with Crippen LogP contribution in [0.3, 0.4) is 0 Å². The highest BCUT2D eigenvalue weighted by Gasteiger charge is 2.23. The highest BCUT2D eigenvalue weighted by atomic mass is 16.5. The number of nitrogens with one attached hydrogen (secondary N) is 1. The molecule has 1 N–H and O–H groups in total. The standard InChI is InChI=1S/C23H26N2O2/c1-18-3-2-4-19(15-18)6-8-23(26)25-12-10-24(11-13-25)17-20-5-7-22-21(16-20)9-14-27-22/h2-8,15-16H,9-14,17H2,1H3/p+1/b8-6+. The van der Waals surface area contributed by atoms with Gasteiger partial charge in [-0.1, -0.05) is 29.8 Å². The molecule has 0 aliphatic carbocycles. The number of nitrogens with zero attached hydrogens (tertiary/aromatic N) is 1. The third-order valence-electron chi connectivity index (χ3n) is 5.45. The quantitative estimate of drug-likeness (QED) is 0.842. The molecule has 1 saturated heterocycles. The first-order valence-corrected chi connectivity index (χ1v) is 9.79. The summed E-state index contributed by atoms with van der Waals surface area (Å²) in [4.78, 5) is 16.0. The van der Waals surface area contributed by atoms with Crippen LogP contribution in [0, 0.1) is 6.92 Å². The molecule has 0 atom stereocenters. The lowest BCUT2D eigenvalue weighted by molar-refractivity contribution is -0.917. The first-order valence-electron chi connectivity index (χ1n) is 9.79. The van der Waals surface area contributed by atoms with E-state index in [-0.39, 0.29) is 5.91 Å². The fourth-order valence-corrected chi connectivity index (χ4v) is 3.91. The Balaban J connectivity index is 1.29. The molecular formula is C23H27N2O2+. The summed E-state index contributed by atoms with van der Waals surface area (Å²) < 4.78 is 5.59. The molecule has 4 rings (SSSR count). The SMILES string of the molecule is Cc1cccc(/C=C/C(=O)N2CC[NH+](Cc3ccc4c(c3)CCO4)CC2)c1. The molecule has 0 unspecified atom stereocenters. The minimum Gasteiger partial charge on any atom is -0.493 e. The molecule has 0 spiro atoms. The Hall–Kier alpha value is -2.59. The van der Waals surface area contributed by atoms with E-state index in [9.17, 15) is 4.79 Å². The molecule has 1 amide bonds. The fourth-order valence-electron chi connectivity index (χ4n) is 3.91. The van der Waals surface area contributed by atoms with Crippen molar-refractivity contribution in [3.63, 3.8) is 0 Å². The number of amides is 1. The lowest BCUT2D eigenvalue weighted by Gasteiger charge is -2.31. The fraction of sp³-hybridized carbons (Fsp3) is 0.348. The Kier molecular flexibility index (Phi) is 5.26. The van der Waals surface area contributed by atoms with Crippen LogP contribution in [0.25, 0.3) is 6.08 Å². The molecule has 0 bridgehead atoms. The summed E-state index contributed by atoms with van der Waals surface area (Å²) in [5.74, 6) is 1.16. The maximum atomic E-state index is 12.5. The lowest BCUT2D eigenvalue weighted by Crippen LogP contribution is -3.13. The highest BCUT2D eigenvalue weighted by Crippen LogP contribution is 2.25. The molecule has 27 heavy (non-hydrogen) atoms. The van der Waals surface area contributed by atoms with E-state index < -0.39 is 0 Å². The Morgan fingerprint density at radius 1 is 1.19 bits per heavy atom. The normalized spacial score (nSPS) is 17.1. The highest BCUT2D eigenvalue weighted by molar-refractivity contribution is 5.91. The van der Waals surface area contributed by atoms with Crippen LogP contribution in [0.15, 0.2) is 48.5 Å². The molecule has 2 aliphatic heterocycles. The minimum atomic E-state index is 0.116. The predicted molar refractivity (Wildman–Crippen MR) is 107 cm³/mol. The second-order valence-corrected chi connectivity index (χ2v) is 7.54. The van der Waals surface area contributed by atoms with Gasteiger partial charge in [0, 0.05) is 18.1 Å². The molecule has 4 nitrogen and oxygen atoms in total. The van der Waals surface area contributed by atoms with Crippen LogP contribution >= 0.6 is 0 Å². The summed E-state index contributed by atoms with van der Waals surface area (Å²) >= 11 is 0. The monoisotopic (exact) mass is 363 g/mol. The van der Waals surface area contributed by atoms with Gasteiger partial charge in [-0.2, -0.15) is 0 Å². The third kappa shape index (κ3) is 4.40. The van der Waals surface area contributed by atoms with Crippen LogP contribution < -0.4 is 9.64 Å². The van der Waals surface area contributed by atoms with E-state index in [2.05, 4.69) is 37.3 Å². The molecule has 0 radical (unpaired) electrons. The van der Waals surface area contributed by atoms with E-state index >= 15 is 0 Å². The van der Waals surface area contributed by atoms with Crippen molar-refractivity contribution in [2.24, 2.45) is 0 Å². The largest absolute Gasteiger partial charge is 0.493 e. The minimum absolute atomic E-state index is 0.116. The summed E-state index contributed by atoms with van der Waals surface area (Å²) in [6, 6.07) is 14.8. The summed E-state index contributed by atoms with van der Waals surface area (Å²) in [5.41, 5.74) is 4.99. The summed E-state index contributed by atoms with van der Waals surface area (Å²) in [6.45, 7) is 7.53. The average molecular weight is 363 g/mol. The van der Waals surface area contributed by atoms with E-state index in [1.807, 2.05) is 23.1 Å². The second-order valence-electron chi connectivity index (χ2n) is 7.54. The number of aryl methyl sites for hydroxylation is 1. The lowest BCUT2D eigenvalue weighted by atomic mass is 10.1. The van der Waals surface area contributed by atoms with Crippen LogP contribution in [0.4, 0.5) is 0 Å². The Labute approximate surface area is 161 Å². The van der Waals surface area contributed by atoms with Gasteiger partial charge in [-0.15, -0.1) is 0 Å². The van der Waals surface area contributed by atoms with Gasteiger partial charge in [-0.05, 0) is 42.3 Å². The van der Waals surface area contributed by atoms with Gasteiger partial charge in [-0.25, -0.2) is 0 Å². The van der Waals surface area contributed by atoms with E-state index in [0.29, 0.717) is 0 Å². The van der Waals surface area contributed by atoms with E-state index in [1.54, 1.807) is 11.0 Å². The van der Waals surface area contributed by atoms with Crippen LogP contribution in [-0.2, 0) is 17.8 Å². The number of piperazine rings is 1. The zero-order valence-corrected chi connectivity index (χ0v) is 15.9. The van der Waals surface area contributed by atoms with Crippen molar-refractivity contribution in [2.75, 3.05) is 32.8 Å². The van der Waals surface area contributed by atoms with E-state index in [1.165, 1.54) is 16.7 Å². The maximum Gasteiger partial charge on any atom is 0.246 e. The molecule has 1 fully saturated rings. The Bertz CT molecular complexity index is 851. The average Bonchev–Trinajstić information content (AvgIpc) is 3.15. The van der Waals surface area contributed by atoms with Gasteiger partial charge in [0.1, 0.15) is 12.3 Å². The molecule has 140 valence electrons. The smallest absolute Gasteiger partial charge is 0.246 e. The summed E-state index contributed by atoms with van der Waals surface area (Å²) in [6.07, 6.45) is 4.65. The van der Waals surface area contributed by atoms with Crippen LogP contribution in [-0.4, -0.2) is 43.6 Å². The van der Waals surface area contributed by atoms with Crippen molar-refractivity contribution in [1.29, 1.82) is 0 Å². The van der Waals surface area contributed by atoms with Crippen molar-refractivity contribution in [3.05, 3.63) is 70.8 Å². The maximum absolute atomic E-state index is 12.5. The molecule has 4 heteroatoms. The van der Waals surface area contributed by atoms with Gasteiger partial charge >= 0.3 is 0 Å². The summed E-state index contributed by atoms with van der Waals surface area (Å²) in [7, 11) is 0. The van der Waals surface area contributed by atoms with Crippen molar-refractivity contribution in [1.82, 2.24) is 4.90 Å². The van der Waals surface area contributed by atoms with Gasteiger partial charge in [-0.3, -0.25) is 4.79 Å². The first kappa shape index (κ1) is 17.8. The zero-order chi connectivity index (χ0) is 18.6. The molecule has 2 aromatic rings. The van der Waals surface area contributed by atoms with Crippen molar-refractivity contribution < 1.29 is 14.4 Å². The number of rotatable bonds is 4. The van der Waals surface area contributed by atoms with E-state index in [0.717, 1.165) is 57.1 Å². The second kappa shape index (κ2) is 7.97. The number of ether oxygens (including phenoxy) is 1. The van der Waals surface area contributed by atoms with Crippen molar-refractivity contribution in [3.8, 4) is 5.75 Å². The van der Waals surface area contributed by atoms with Gasteiger partial charge in [0.25, 0.3) is 0 Å². The molecule has 2 heterocycles. The van der Waals surface area contributed by atoms with E-state index in [4.69, 9.17) is 4.74 Å². The molecule has 2 aliphatic rings. The topological polar surface area (TPSA) is 34.0 Å². The molecular weight excluding hydrogens is 336 g/mol. The van der Waals surface area contributed by atoms with Crippen LogP contribution in [0.1, 0.15) is 22.3 Å². The van der Waals surface area contributed by atoms with Crippen LogP contribution in [0.5, 0.6) is 5.75 Å².